The molecular weight excluding hydrogens is 283 g/mol. The summed E-state index contributed by atoms with van der Waals surface area (Å²) in [5.41, 5.74) is 8.20. The maximum absolute atomic E-state index is 13.7. The molecule has 4 nitrogen and oxygen atoms in total. The molecule has 1 aromatic carbocycles. The average Bonchev–Trinajstić information content (AvgIpc) is 2.51. The number of rotatable bonds is 5. The fraction of sp³-hybridized carbons (Fsp3) is 0.353. The van der Waals surface area contributed by atoms with Gasteiger partial charge < -0.3 is 15.2 Å². The van der Waals surface area contributed by atoms with E-state index in [2.05, 4.69) is 4.98 Å². The van der Waals surface area contributed by atoms with Crippen molar-refractivity contribution in [2.75, 3.05) is 7.11 Å². The Labute approximate surface area is 129 Å². The van der Waals surface area contributed by atoms with E-state index in [-0.39, 0.29) is 23.7 Å². The van der Waals surface area contributed by atoms with E-state index in [0.717, 1.165) is 29.7 Å². The number of aromatic nitrogens is 1. The number of hydrogen-bond donors (Lipinski definition) is 1. The molecule has 0 saturated heterocycles. The Kier molecular flexibility index (Phi) is 4.36. The first-order chi connectivity index (χ1) is 10.7. The molecule has 0 unspecified atom stereocenters. The minimum atomic E-state index is -0.381. The molecule has 0 amide bonds. The third kappa shape index (κ3) is 3.26. The van der Waals surface area contributed by atoms with Crippen molar-refractivity contribution in [3.05, 3.63) is 48.0 Å². The second kappa shape index (κ2) is 6.42. The summed E-state index contributed by atoms with van der Waals surface area (Å²) in [6.07, 6.45) is 3.82. The van der Waals surface area contributed by atoms with Gasteiger partial charge in [0.05, 0.1) is 25.5 Å². The highest BCUT2D eigenvalue weighted by molar-refractivity contribution is 5.63. The molecule has 22 heavy (non-hydrogen) atoms. The molecule has 1 heterocycles. The Morgan fingerprint density at radius 2 is 2.00 bits per heavy atom. The van der Waals surface area contributed by atoms with Gasteiger partial charge in [-0.05, 0) is 36.6 Å². The third-order valence-electron chi connectivity index (χ3n) is 3.91. The summed E-state index contributed by atoms with van der Waals surface area (Å²) in [5, 5.41) is 0. The Morgan fingerprint density at radius 1 is 1.23 bits per heavy atom. The van der Waals surface area contributed by atoms with E-state index >= 15 is 0 Å². The van der Waals surface area contributed by atoms with E-state index in [1.54, 1.807) is 12.3 Å². The van der Waals surface area contributed by atoms with Gasteiger partial charge in [-0.25, -0.2) is 4.39 Å². The van der Waals surface area contributed by atoms with Gasteiger partial charge in [-0.15, -0.1) is 0 Å². The predicted molar refractivity (Wildman–Crippen MR) is 82.0 cm³/mol. The normalized spacial score (nSPS) is 20.5. The SMILES string of the molecule is COc1ccc(-c2ccc(COC3CC(N)C3)nc2)cc1F. The number of halogens is 1. The van der Waals surface area contributed by atoms with Crippen molar-refractivity contribution in [3.8, 4) is 16.9 Å². The van der Waals surface area contributed by atoms with E-state index in [4.69, 9.17) is 15.2 Å². The van der Waals surface area contributed by atoms with Crippen LogP contribution in [0.25, 0.3) is 11.1 Å². The lowest BCUT2D eigenvalue weighted by atomic mass is 9.90. The van der Waals surface area contributed by atoms with Crippen LogP contribution in [0.15, 0.2) is 36.5 Å². The number of methoxy groups -OCH3 is 1. The van der Waals surface area contributed by atoms with E-state index in [9.17, 15) is 4.39 Å². The standard InChI is InChI=1S/C17H19FN2O2/c1-21-17-5-3-11(6-16(17)18)12-2-4-14(20-9-12)10-22-15-7-13(19)8-15/h2-6,9,13,15H,7-8,10,19H2,1H3. The van der Waals surface area contributed by atoms with Crippen molar-refractivity contribution in [3.63, 3.8) is 0 Å². The number of pyridine rings is 1. The van der Waals surface area contributed by atoms with Crippen LogP contribution in [0.1, 0.15) is 18.5 Å². The molecule has 1 saturated carbocycles. The monoisotopic (exact) mass is 302 g/mol. The number of nitrogens with two attached hydrogens (primary N) is 1. The molecule has 0 aliphatic heterocycles. The number of ether oxygens (including phenoxy) is 2. The highest BCUT2D eigenvalue weighted by Crippen LogP contribution is 2.26. The first-order valence-electron chi connectivity index (χ1n) is 7.31. The molecule has 0 spiro atoms. The summed E-state index contributed by atoms with van der Waals surface area (Å²) < 4.78 is 24.4. The summed E-state index contributed by atoms with van der Waals surface area (Å²) in [4.78, 5) is 4.37. The molecule has 2 N–H and O–H groups in total. The number of nitrogens with zero attached hydrogens (tertiary/aromatic N) is 1. The van der Waals surface area contributed by atoms with E-state index in [1.807, 2.05) is 18.2 Å². The van der Waals surface area contributed by atoms with Crippen LogP contribution >= 0.6 is 0 Å². The van der Waals surface area contributed by atoms with Crippen LogP contribution < -0.4 is 10.5 Å². The van der Waals surface area contributed by atoms with E-state index in [1.165, 1.54) is 13.2 Å². The molecule has 1 aromatic heterocycles. The Balaban J connectivity index is 1.64. The van der Waals surface area contributed by atoms with Crippen molar-refractivity contribution >= 4 is 0 Å². The van der Waals surface area contributed by atoms with E-state index in [0.29, 0.717) is 6.61 Å². The lowest BCUT2D eigenvalue weighted by molar-refractivity contribution is -0.0201. The van der Waals surface area contributed by atoms with Crippen LogP contribution in [0.5, 0.6) is 5.75 Å². The van der Waals surface area contributed by atoms with Gasteiger partial charge >= 0.3 is 0 Å². The van der Waals surface area contributed by atoms with Crippen molar-refractivity contribution in [1.29, 1.82) is 0 Å². The van der Waals surface area contributed by atoms with Crippen LogP contribution in [0.4, 0.5) is 4.39 Å². The summed E-state index contributed by atoms with van der Waals surface area (Å²) in [6, 6.07) is 8.97. The van der Waals surface area contributed by atoms with Crippen LogP contribution in [-0.2, 0) is 11.3 Å². The lowest BCUT2D eigenvalue weighted by Crippen LogP contribution is -2.41. The van der Waals surface area contributed by atoms with Crippen LogP contribution in [-0.4, -0.2) is 24.2 Å². The van der Waals surface area contributed by atoms with Gasteiger partial charge in [-0.3, -0.25) is 4.98 Å². The molecule has 3 rings (SSSR count). The summed E-state index contributed by atoms with van der Waals surface area (Å²) >= 11 is 0. The highest BCUT2D eigenvalue weighted by atomic mass is 19.1. The topological polar surface area (TPSA) is 57.4 Å². The quantitative estimate of drug-likeness (QED) is 0.922. The van der Waals surface area contributed by atoms with Crippen molar-refractivity contribution in [2.24, 2.45) is 5.73 Å². The summed E-state index contributed by atoms with van der Waals surface area (Å²) in [7, 11) is 1.45. The lowest BCUT2D eigenvalue weighted by Gasteiger charge is -2.32. The minimum absolute atomic E-state index is 0.237. The molecule has 0 atom stereocenters. The van der Waals surface area contributed by atoms with Crippen molar-refractivity contribution in [2.45, 2.75) is 31.6 Å². The second-order valence-electron chi connectivity index (χ2n) is 5.55. The maximum atomic E-state index is 13.7. The third-order valence-corrected chi connectivity index (χ3v) is 3.91. The van der Waals surface area contributed by atoms with Gasteiger partial charge in [0.1, 0.15) is 0 Å². The van der Waals surface area contributed by atoms with Crippen molar-refractivity contribution < 1.29 is 13.9 Å². The number of hydrogen-bond acceptors (Lipinski definition) is 4. The Bertz CT molecular complexity index is 640. The molecule has 2 aromatic rings. The van der Waals surface area contributed by atoms with Crippen LogP contribution in [0.3, 0.4) is 0 Å². The Morgan fingerprint density at radius 3 is 2.59 bits per heavy atom. The van der Waals surface area contributed by atoms with Gasteiger partial charge in [-0.1, -0.05) is 12.1 Å². The first kappa shape index (κ1) is 14.9. The molecule has 5 heteroatoms. The average molecular weight is 302 g/mol. The fourth-order valence-corrected chi connectivity index (χ4v) is 2.47. The second-order valence-corrected chi connectivity index (χ2v) is 5.55. The van der Waals surface area contributed by atoms with Gasteiger partial charge in [0.25, 0.3) is 0 Å². The van der Waals surface area contributed by atoms with Gasteiger partial charge in [0, 0.05) is 17.8 Å². The molecule has 0 bridgehead atoms. The predicted octanol–water partition coefficient (Wildman–Crippen LogP) is 2.90. The van der Waals surface area contributed by atoms with Crippen LogP contribution in [0.2, 0.25) is 0 Å². The molecular formula is C17H19FN2O2. The zero-order chi connectivity index (χ0) is 15.5. The van der Waals surface area contributed by atoms with E-state index < -0.39 is 0 Å². The summed E-state index contributed by atoms with van der Waals surface area (Å²) in [5.74, 6) is -0.144. The Hall–Kier alpha value is -1.98. The van der Waals surface area contributed by atoms with Gasteiger partial charge in [0.15, 0.2) is 11.6 Å². The first-order valence-corrected chi connectivity index (χ1v) is 7.31. The summed E-state index contributed by atoms with van der Waals surface area (Å²) in [6.45, 7) is 0.481. The molecule has 1 aliphatic carbocycles. The minimum Gasteiger partial charge on any atom is -0.494 e. The molecule has 116 valence electrons. The fourth-order valence-electron chi connectivity index (χ4n) is 2.47. The van der Waals surface area contributed by atoms with Gasteiger partial charge in [0.2, 0.25) is 0 Å². The smallest absolute Gasteiger partial charge is 0.165 e. The largest absolute Gasteiger partial charge is 0.494 e. The van der Waals surface area contributed by atoms with Gasteiger partial charge in [-0.2, -0.15) is 0 Å². The maximum Gasteiger partial charge on any atom is 0.165 e. The molecule has 1 aliphatic rings. The molecule has 1 fully saturated rings. The zero-order valence-corrected chi connectivity index (χ0v) is 12.5. The molecule has 0 radical (unpaired) electrons. The van der Waals surface area contributed by atoms with Crippen molar-refractivity contribution in [1.82, 2.24) is 4.98 Å². The zero-order valence-electron chi connectivity index (χ0n) is 12.5. The highest BCUT2D eigenvalue weighted by Gasteiger charge is 2.26. The van der Waals surface area contributed by atoms with Crippen LogP contribution in [0, 0.1) is 5.82 Å². The number of benzene rings is 1.